The molecule has 21 heavy (non-hydrogen) atoms. The van der Waals surface area contributed by atoms with Gasteiger partial charge < -0.3 is 5.32 Å². The summed E-state index contributed by atoms with van der Waals surface area (Å²) in [4.78, 5) is 0. The Kier molecular flexibility index (Phi) is 4.00. The Morgan fingerprint density at radius 2 is 1.86 bits per heavy atom. The molecule has 0 heterocycles. The molecule has 3 rings (SSSR count). The average molecular weight is 297 g/mol. The fourth-order valence-electron chi connectivity index (χ4n) is 3.97. The molecule has 116 valence electrons. The highest BCUT2D eigenvalue weighted by molar-refractivity contribution is 5.25. The van der Waals surface area contributed by atoms with E-state index in [4.69, 9.17) is 0 Å². The van der Waals surface area contributed by atoms with Gasteiger partial charge in [0, 0.05) is 12.6 Å². The lowest BCUT2D eigenvalue weighted by atomic mass is 9.57. The molecule has 0 amide bonds. The van der Waals surface area contributed by atoms with Crippen molar-refractivity contribution in [2.45, 2.75) is 63.7 Å². The van der Waals surface area contributed by atoms with Crippen LogP contribution in [0.15, 0.2) is 24.3 Å². The van der Waals surface area contributed by atoms with E-state index in [2.05, 4.69) is 5.32 Å². The summed E-state index contributed by atoms with van der Waals surface area (Å²) in [6.07, 6.45) is 4.72. The maximum absolute atomic E-state index is 12.7. The van der Waals surface area contributed by atoms with Crippen molar-refractivity contribution in [3.05, 3.63) is 35.4 Å². The molecule has 1 nitrogen and oxygen atoms in total. The molecule has 1 spiro atoms. The fraction of sp³-hybridized carbons (Fsp3) is 0.647. The molecule has 0 saturated heterocycles. The second kappa shape index (κ2) is 5.64. The molecule has 1 unspecified atom stereocenters. The smallest absolute Gasteiger partial charge is 0.309 e. The van der Waals surface area contributed by atoms with E-state index in [1.54, 1.807) is 6.07 Å². The van der Waals surface area contributed by atoms with Gasteiger partial charge in [-0.05, 0) is 42.7 Å². The molecule has 0 aliphatic heterocycles. The third kappa shape index (κ3) is 3.10. The topological polar surface area (TPSA) is 12.0 Å². The van der Waals surface area contributed by atoms with E-state index < -0.39 is 11.7 Å². The highest BCUT2D eigenvalue weighted by Gasteiger charge is 2.46. The van der Waals surface area contributed by atoms with Gasteiger partial charge in [0.15, 0.2) is 0 Å². The lowest BCUT2D eigenvalue weighted by Gasteiger charge is -2.52. The van der Waals surface area contributed by atoms with Crippen molar-refractivity contribution < 1.29 is 13.2 Å². The maximum Gasteiger partial charge on any atom is 0.416 e. The van der Waals surface area contributed by atoms with Crippen LogP contribution in [0.5, 0.6) is 0 Å². The molecule has 2 aliphatic carbocycles. The molecule has 1 aromatic rings. The number of nitrogens with one attached hydrogen (secondary N) is 1. The van der Waals surface area contributed by atoms with Gasteiger partial charge in [0.2, 0.25) is 0 Å². The molecule has 0 bridgehead atoms. The van der Waals surface area contributed by atoms with Gasteiger partial charge in [0.05, 0.1) is 5.56 Å². The SMILES string of the molecule is FC(F)(F)c1cccc(CNC2CCC23CCCCC3)c1. The zero-order chi connectivity index (χ0) is 14.9. The highest BCUT2D eigenvalue weighted by atomic mass is 19.4. The van der Waals surface area contributed by atoms with E-state index in [-0.39, 0.29) is 0 Å². The molecule has 2 aliphatic rings. The first-order valence-corrected chi connectivity index (χ1v) is 7.89. The summed E-state index contributed by atoms with van der Waals surface area (Å²) in [5.41, 5.74) is 0.616. The van der Waals surface area contributed by atoms with Crippen LogP contribution in [-0.4, -0.2) is 6.04 Å². The Balaban J connectivity index is 1.60. The standard InChI is InChI=1S/C17H22F3N/c18-17(19,20)14-6-4-5-13(11-14)12-21-15-7-10-16(15)8-2-1-3-9-16/h4-6,11,15,21H,1-3,7-10,12H2. The summed E-state index contributed by atoms with van der Waals surface area (Å²) in [7, 11) is 0. The van der Waals surface area contributed by atoms with Gasteiger partial charge in [-0.3, -0.25) is 0 Å². The second-order valence-electron chi connectivity index (χ2n) is 6.59. The minimum absolute atomic E-state index is 0.444. The van der Waals surface area contributed by atoms with Gasteiger partial charge in [-0.15, -0.1) is 0 Å². The Morgan fingerprint density at radius 1 is 1.10 bits per heavy atom. The lowest BCUT2D eigenvalue weighted by molar-refractivity contribution is -0.137. The van der Waals surface area contributed by atoms with Crippen LogP contribution in [0.1, 0.15) is 56.1 Å². The summed E-state index contributed by atoms with van der Waals surface area (Å²) in [5, 5.41) is 3.51. The van der Waals surface area contributed by atoms with Gasteiger partial charge in [0.25, 0.3) is 0 Å². The average Bonchev–Trinajstić information content (AvgIpc) is 2.47. The number of benzene rings is 1. The summed E-state index contributed by atoms with van der Waals surface area (Å²) in [6, 6.07) is 6.16. The van der Waals surface area contributed by atoms with Crippen LogP contribution in [-0.2, 0) is 12.7 Å². The third-order valence-corrected chi connectivity index (χ3v) is 5.33. The van der Waals surface area contributed by atoms with Crippen LogP contribution >= 0.6 is 0 Å². The van der Waals surface area contributed by atoms with Gasteiger partial charge in [-0.2, -0.15) is 13.2 Å². The Morgan fingerprint density at radius 3 is 2.48 bits per heavy atom. The van der Waals surface area contributed by atoms with Crippen molar-refractivity contribution in [3.63, 3.8) is 0 Å². The number of alkyl halides is 3. The monoisotopic (exact) mass is 297 g/mol. The molecule has 0 radical (unpaired) electrons. The highest BCUT2D eigenvalue weighted by Crippen LogP contribution is 2.51. The molecule has 1 aromatic carbocycles. The lowest BCUT2D eigenvalue weighted by Crippen LogP contribution is -2.53. The van der Waals surface area contributed by atoms with Crippen molar-refractivity contribution in [2.75, 3.05) is 0 Å². The third-order valence-electron chi connectivity index (χ3n) is 5.33. The van der Waals surface area contributed by atoms with E-state index in [0.29, 0.717) is 18.0 Å². The predicted octanol–water partition coefficient (Wildman–Crippen LogP) is 4.91. The van der Waals surface area contributed by atoms with Gasteiger partial charge in [0.1, 0.15) is 0 Å². The fourth-order valence-corrected chi connectivity index (χ4v) is 3.97. The molecule has 2 fully saturated rings. The zero-order valence-electron chi connectivity index (χ0n) is 12.2. The molecule has 1 N–H and O–H groups in total. The van der Waals surface area contributed by atoms with Crippen molar-refractivity contribution in [1.29, 1.82) is 0 Å². The van der Waals surface area contributed by atoms with Crippen LogP contribution in [0.4, 0.5) is 13.2 Å². The molecule has 2 saturated carbocycles. The minimum Gasteiger partial charge on any atom is -0.309 e. The zero-order valence-corrected chi connectivity index (χ0v) is 12.2. The first-order valence-electron chi connectivity index (χ1n) is 7.89. The summed E-state index contributed by atoms with van der Waals surface area (Å²) < 4.78 is 38.1. The number of halogens is 3. The van der Waals surface area contributed by atoms with E-state index >= 15 is 0 Å². The van der Waals surface area contributed by atoms with Crippen molar-refractivity contribution >= 4 is 0 Å². The second-order valence-corrected chi connectivity index (χ2v) is 6.59. The number of rotatable bonds is 3. The van der Waals surface area contributed by atoms with Crippen LogP contribution in [0.2, 0.25) is 0 Å². The first kappa shape index (κ1) is 14.9. The maximum atomic E-state index is 12.7. The van der Waals surface area contributed by atoms with Gasteiger partial charge >= 0.3 is 6.18 Å². The van der Waals surface area contributed by atoms with Crippen molar-refractivity contribution in [3.8, 4) is 0 Å². The minimum atomic E-state index is -4.25. The number of hydrogen-bond acceptors (Lipinski definition) is 1. The van der Waals surface area contributed by atoms with Crippen molar-refractivity contribution in [1.82, 2.24) is 5.32 Å². The largest absolute Gasteiger partial charge is 0.416 e. The predicted molar refractivity (Wildman–Crippen MR) is 76.8 cm³/mol. The van der Waals surface area contributed by atoms with Gasteiger partial charge in [-0.1, -0.05) is 37.5 Å². The summed E-state index contributed by atoms with van der Waals surface area (Å²) in [5.74, 6) is 0. The Hall–Kier alpha value is -1.03. The van der Waals surface area contributed by atoms with Crippen LogP contribution in [0, 0.1) is 5.41 Å². The summed E-state index contributed by atoms with van der Waals surface area (Å²) in [6.45, 7) is 0.538. The quantitative estimate of drug-likeness (QED) is 0.836. The summed E-state index contributed by atoms with van der Waals surface area (Å²) >= 11 is 0. The Bertz CT molecular complexity index is 489. The van der Waals surface area contributed by atoms with Crippen LogP contribution < -0.4 is 5.32 Å². The molecule has 0 aromatic heterocycles. The number of hydrogen-bond donors (Lipinski definition) is 1. The van der Waals surface area contributed by atoms with E-state index in [1.807, 2.05) is 0 Å². The Labute approximate surface area is 123 Å². The van der Waals surface area contributed by atoms with Crippen molar-refractivity contribution in [2.24, 2.45) is 5.41 Å². The molecule has 1 atom stereocenters. The van der Waals surface area contributed by atoms with Crippen LogP contribution in [0.3, 0.4) is 0 Å². The van der Waals surface area contributed by atoms with Gasteiger partial charge in [-0.25, -0.2) is 0 Å². The van der Waals surface area contributed by atoms with E-state index in [1.165, 1.54) is 57.1 Å². The van der Waals surface area contributed by atoms with E-state index in [0.717, 1.165) is 11.6 Å². The molecular formula is C17H22F3N. The molecular weight excluding hydrogens is 275 g/mol. The first-order chi connectivity index (χ1) is 10.00. The van der Waals surface area contributed by atoms with E-state index in [9.17, 15) is 13.2 Å². The van der Waals surface area contributed by atoms with Crippen LogP contribution in [0.25, 0.3) is 0 Å². The normalized spacial score (nSPS) is 24.8. The molecule has 4 heteroatoms.